The van der Waals surface area contributed by atoms with Crippen molar-refractivity contribution >= 4 is 11.9 Å². The van der Waals surface area contributed by atoms with Gasteiger partial charge in [0.05, 0.1) is 13.2 Å². The van der Waals surface area contributed by atoms with Gasteiger partial charge >= 0.3 is 11.9 Å². The van der Waals surface area contributed by atoms with Gasteiger partial charge in [-0.3, -0.25) is 9.59 Å². The first-order valence-electron chi connectivity index (χ1n) is 6.52. The van der Waals surface area contributed by atoms with Crippen molar-refractivity contribution in [2.24, 2.45) is 11.8 Å². The fourth-order valence-electron chi connectivity index (χ4n) is 1.10. The molecule has 2 N–H and O–H groups in total. The van der Waals surface area contributed by atoms with E-state index in [0.717, 1.165) is 0 Å². The van der Waals surface area contributed by atoms with Crippen LogP contribution in [0.4, 0.5) is 0 Å². The molecule has 112 valence electrons. The lowest BCUT2D eigenvalue weighted by molar-refractivity contribution is -0.147. The van der Waals surface area contributed by atoms with Crippen molar-refractivity contribution in [3.05, 3.63) is 0 Å². The Bertz CT molecular complexity index is 240. The predicted octanol–water partition coefficient (Wildman–Crippen LogP) is 0.500. The van der Waals surface area contributed by atoms with Gasteiger partial charge < -0.3 is 19.7 Å². The lowest BCUT2D eigenvalue weighted by Crippen LogP contribution is -2.16. The Kier molecular flexibility index (Phi) is 10.1. The minimum Gasteiger partial charge on any atom is -0.465 e. The molecule has 0 saturated heterocycles. The number of esters is 2. The van der Waals surface area contributed by atoms with Crippen molar-refractivity contribution in [2.45, 2.75) is 33.1 Å². The first kappa shape index (κ1) is 17.9. The molecule has 0 aromatic rings. The van der Waals surface area contributed by atoms with Crippen LogP contribution in [-0.2, 0) is 19.1 Å². The van der Waals surface area contributed by atoms with Gasteiger partial charge in [0, 0.05) is 37.9 Å². The van der Waals surface area contributed by atoms with Crippen LogP contribution in [0, 0.1) is 11.8 Å². The lowest BCUT2D eigenvalue weighted by Gasteiger charge is -2.10. The maximum Gasteiger partial charge on any atom is 0.305 e. The second-order valence-corrected chi connectivity index (χ2v) is 4.80. The first-order chi connectivity index (χ1) is 8.99. The van der Waals surface area contributed by atoms with E-state index in [1.54, 1.807) is 13.8 Å². The van der Waals surface area contributed by atoms with E-state index < -0.39 is 0 Å². The minimum atomic E-state index is -0.378. The molecule has 0 saturated carbocycles. The number of hydrogen-bond donors (Lipinski definition) is 2. The van der Waals surface area contributed by atoms with E-state index in [4.69, 9.17) is 19.7 Å². The highest BCUT2D eigenvalue weighted by Crippen LogP contribution is 2.03. The highest BCUT2D eigenvalue weighted by Gasteiger charge is 2.10. The maximum atomic E-state index is 11.3. The molecule has 0 aliphatic carbocycles. The Balaban J connectivity index is 3.56. The SMILES string of the molecule is CC(CO)COC(=O)CCCC(=O)OCC(C)CO. The second kappa shape index (κ2) is 10.8. The fourth-order valence-corrected chi connectivity index (χ4v) is 1.10. The van der Waals surface area contributed by atoms with Crippen molar-refractivity contribution in [2.75, 3.05) is 26.4 Å². The second-order valence-electron chi connectivity index (χ2n) is 4.80. The van der Waals surface area contributed by atoms with Crippen LogP contribution in [-0.4, -0.2) is 48.6 Å². The number of ether oxygens (including phenoxy) is 2. The zero-order chi connectivity index (χ0) is 14.7. The Morgan fingerprint density at radius 1 is 0.895 bits per heavy atom. The van der Waals surface area contributed by atoms with Crippen LogP contribution in [0.1, 0.15) is 33.1 Å². The average Bonchev–Trinajstić information content (AvgIpc) is 2.41. The molecule has 0 rings (SSSR count). The van der Waals surface area contributed by atoms with E-state index in [-0.39, 0.29) is 63.0 Å². The third-order valence-electron chi connectivity index (χ3n) is 2.44. The number of aliphatic hydroxyl groups is 2. The summed E-state index contributed by atoms with van der Waals surface area (Å²) in [6.07, 6.45) is 0.685. The number of hydrogen-bond acceptors (Lipinski definition) is 6. The molecule has 0 radical (unpaired) electrons. The molecule has 2 unspecified atom stereocenters. The molecule has 6 heteroatoms. The molecule has 0 aromatic heterocycles. The van der Waals surface area contributed by atoms with E-state index in [9.17, 15) is 9.59 Å². The van der Waals surface area contributed by atoms with Crippen molar-refractivity contribution in [1.29, 1.82) is 0 Å². The molecule has 6 nitrogen and oxygen atoms in total. The number of rotatable bonds is 10. The Morgan fingerprint density at radius 2 is 1.26 bits per heavy atom. The smallest absolute Gasteiger partial charge is 0.305 e. The van der Waals surface area contributed by atoms with E-state index in [1.807, 2.05) is 0 Å². The van der Waals surface area contributed by atoms with Gasteiger partial charge in [0.25, 0.3) is 0 Å². The van der Waals surface area contributed by atoms with Crippen LogP contribution in [0.15, 0.2) is 0 Å². The number of aliphatic hydroxyl groups excluding tert-OH is 2. The number of carbonyl (C=O) groups is 2. The molecule has 0 heterocycles. The molecule has 0 aliphatic rings. The van der Waals surface area contributed by atoms with Crippen molar-refractivity contribution in [3.8, 4) is 0 Å². The normalized spacial score (nSPS) is 13.7. The van der Waals surface area contributed by atoms with Crippen LogP contribution in [0.3, 0.4) is 0 Å². The summed E-state index contributed by atoms with van der Waals surface area (Å²) < 4.78 is 9.82. The van der Waals surface area contributed by atoms with Gasteiger partial charge in [-0.25, -0.2) is 0 Å². The van der Waals surface area contributed by atoms with Gasteiger partial charge in [0.2, 0.25) is 0 Å². The largest absolute Gasteiger partial charge is 0.465 e. The summed E-state index contributed by atoms with van der Waals surface area (Å²) >= 11 is 0. The minimum absolute atomic E-state index is 0.0252. The van der Waals surface area contributed by atoms with Crippen molar-refractivity contribution < 1.29 is 29.3 Å². The molecule has 0 amide bonds. The summed E-state index contributed by atoms with van der Waals surface area (Å²) in [6, 6.07) is 0. The maximum absolute atomic E-state index is 11.3. The summed E-state index contributed by atoms with van der Waals surface area (Å²) in [5.74, 6) is -0.906. The van der Waals surface area contributed by atoms with Crippen LogP contribution in [0.2, 0.25) is 0 Å². The lowest BCUT2D eigenvalue weighted by atomic mass is 10.2. The fraction of sp³-hybridized carbons (Fsp3) is 0.846. The standard InChI is InChI=1S/C13H24O6/c1-10(6-14)8-18-12(16)4-3-5-13(17)19-9-11(2)7-15/h10-11,14-15H,3-9H2,1-2H3. The number of carbonyl (C=O) groups excluding carboxylic acids is 2. The highest BCUT2D eigenvalue weighted by atomic mass is 16.5. The summed E-state index contributed by atoms with van der Waals surface area (Å²) in [6.45, 7) is 3.87. The first-order valence-corrected chi connectivity index (χ1v) is 6.52. The molecule has 0 bridgehead atoms. The Hall–Kier alpha value is -1.14. The monoisotopic (exact) mass is 276 g/mol. The molecular weight excluding hydrogens is 252 g/mol. The Labute approximate surface area is 113 Å². The van der Waals surface area contributed by atoms with Crippen LogP contribution >= 0.6 is 0 Å². The van der Waals surface area contributed by atoms with E-state index in [2.05, 4.69) is 0 Å². The summed E-state index contributed by atoms with van der Waals surface area (Å²) in [5, 5.41) is 17.5. The van der Waals surface area contributed by atoms with E-state index in [1.165, 1.54) is 0 Å². The molecule has 0 aliphatic heterocycles. The van der Waals surface area contributed by atoms with Gasteiger partial charge in [-0.05, 0) is 6.42 Å². The van der Waals surface area contributed by atoms with Crippen molar-refractivity contribution in [1.82, 2.24) is 0 Å². The predicted molar refractivity (Wildman–Crippen MR) is 68.3 cm³/mol. The molecule has 2 atom stereocenters. The third kappa shape index (κ3) is 10.5. The third-order valence-corrected chi connectivity index (χ3v) is 2.44. The van der Waals surface area contributed by atoms with Gasteiger partial charge in [-0.1, -0.05) is 13.8 Å². The average molecular weight is 276 g/mol. The summed E-state index contributed by atoms with van der Waals surface area (Å²) in [4.78, 5) is 22.5. The summed E-state index contributed by atoms with van der Waals surface area (Å²) in [7, 11) is 0. The van der Waals surface area contributed by atoms with Gasteiger partial charge in [-0.2, -0.15) is 0 Å². The molecule has 19 heavy (non-hydrogen) atoms. The quantitative estimate of drug-likeness (QED) is 0.564. The van der Waals surface area contributed by atoms with Crippen molar-refractivity contribution in [3.63, 3.8) is 0 Å². The molecular formula is C13H24O6. The topological polar surface area (TPSA) is 93.1 Å². The highest BCUT2D eigenvalue weighted by molar-refractivity contribution is 5.72. The van der Waals surface area contributed by atoms with E-state index in [0.29, 0.717) is 6.42 Å². The Morgan fingerprint density at radius 3 is 1.58 bits per heavy atom. The molecule has 0 fully saturated rings. The summed E-state index contributed by atoms with van der Waals surface area (Å²) in [5.41, 5.74) is 0. The van der Waals surface area contributed by atoms with Gasteiger partial charge in [-0.15, -0.1) is 0 Å². The molecule has 0 spiro atoms. The van der Waals surface area contributed by atoms with E-state index >= 15 is 0 Å². The van der Waals surface area contributed by atoms with Crippen LogP contribution in [0.5, 0.6) is 0 Å². The van der Waals surface area contributed by atoms with Crippen LogP contribution in [0.25, 0.3) is 0 Å². The zero-order valence-corrected chi connectivity index (χ0v) is 11.6. The zero-order valence-electron chi connectivity index (χ0n) is 11.6. The molecule has 0 aromatic carbocycles. The van der Waals surface area contributed by atoms with Gasteiger partial charge in [0.1, 0.15) is 0 Å². The van der Waals surface area contributed by atoms with Gasteiger partial charge in [0.15, 0.2) is 0 Å². The van der Waals surface area contributed by atoms with Crippen LogP contribution < -0.4 is 0 Å².